The second-order valence-corrected chi connectivity index (χ2v) is 21.1. The fourth-order valence-electron chi connectivity index (χ4n) is 12.9. The molecule has 1 saturated heterocycles. The average molecular weight is 758 g/mol. The van der Waals surface area contributed by atoms with E-state index in [0.717, 1.165) is 91.8 Å². The number of nitrogens with zero attached hydrogens (tertiary/aromatic N) is 2. The van der Waals surface area contributed by atoms with E-state index in [1.807, 2.05) is 58.2 Å². The van der Waals surface area contributed by atoms with Crippen molar-refractivity contribution in [3.8, 4) is 5.75 Å². The van der Waals surface area contributed by atoms with Crippen LogP contribution in [0.3, 0.4) is 0 Å². The maximum atomic E-state index is 12.9. The predicted octanol–water partition coefficient (Wildman–Crippen LogP) is 12.4. The SMILES string of the molecule is CC(C)CCC[C@@H](C)[C@H]1CC[C@H]2[C@@H]3CC=C4CC(OC(=O)CCCCCOc5ccc(C=NC6CC(C)(C)N([O])C(C)(C)C6)cc5)CC[C@]4(C)[C@H]3CC[C@]12C. The zero-order valence-corrected chi connectivity index (χ0v) is 36.3. The zero-order valence-electron chi connectivity index (χ0n) is 36.3. The van der Waals surface area contributed by atoms with Gasteiger partial charge in [-0.1, -0.05) is 65.5 Å². The molecule has 6 rings (SSSR count). The number of hydroxylamine groups is 2. The lowest BCUT2D eigenvalue weighted by atomic mass is 9.47. The van der Waals surface area contributed by atoms with E-state index in [9.17, 15) is 10.0 Å². The topological polar surface area (TPSA) is 71.0 Å². The standard InChI is InChI=1S/C49H77N2O4/c1-34(2)14-13-15-35(3)42-23-24-43-41-22-19-37-30-40(25-27-48(37,8)44(41)26-28-49(42,43)9)55-45(52)16-11-10-12-29-54-39-20-17-36(18-21-39)33-50-38-31-46(4,5)51(53)47(6,7)32-38/h17-21,33-35,38,40-44H,10-16,22-32H2,1-9H3/t35-,40?,41+,42-,43+,44+,48+,49-/m1/s1. The Balaban J connectivity index is 0.886. The van der Waals surface area contributed by atoms with Crippen molar-refractivity contribution >= 4 is 12.2 Å². The van der Waals surface area contributed by atoms with Crippen molar-refractivity contribution in [1.82, 2.24) is 5.06 Å². The monoisotopic (exact) mass is 758 g/mol. The van der Waals surface area contributed by atoms with Gasteiger partial charge in [-0.3, -0.25) is 9.79 Å². The van der Waals surface area contributed by atoms with E-state index < -0.39 is 11.1 Å². The summed E-state index contributed by atoms with van der Waals surface area (Å²) in [7, 11) is 0. The summed E-state index contributed by atoms with van der Waals surface area (Å²) in [5, 5.41) is 13.9. The van der Waals surface area contributed by atoms with Gasteiger partial charge in [0.1, 0.15) is 11.9 Å². The Bertz CT molecular complexity index is 1480. The fourth-order valence-corrected chi connectivity index (χ4v) is 12.9. The van der Waals surface area contributed by atoms with Gasteiger partial charge in [0.25, 0.3) is 0 Å². The molecule has 8 atom stereocenters. The molecule has 4 aliphatic carbocycles. The molecule has 1 heterocycles. The molecule has 4 fully saturated rings. The first-order valence-corrected chi connectivity index (χ1v) is 22.6. The van der Waals surface area contributed by atoms with E-state index in [2.05, 4.69) is 40.7 Å². The number of piperidine rings is 1. The summed E-state index contributed by atoms with van der Waals surface area (Å²) >= 11 is 0. The molecule has 5 aliphatic rings. The van der Waals surface area contributed by atoms with Crippen molar-refractivity contribution in [2.75, 3.05) is 6.61 Å². The van der Waals surface area contributed by atoms with Gasteiger partial charge in [-0.25, -0.2) is 0 Å². The molecule has 307 valence electrons. The highest BCUT2D eigenvalue weighted by atomic mass is 16.5. The third-order valence-electron chi connectivity index (χ3n) is 15.7. The Labute approximate surface area is 335 Å². The summed E-state index contributed by atoms with van der Waals surface area (Å²) in [4.78, 5) is 17.8. The normalized spacial score (nSPS) is 33.8. The summed E-state index contributed by atoms with van der Waals surface area (Å²) in [5.74, 6) is 5.91. The molecule has 0 N–H and O–H groups in total. The van der Waals surface area contributed by atoms with Crippen LogP contribution in [0.25, 0.3) is 0 Å². The number of ether oxygens (including phenoxy) is 2. The molecule has 0 bridgehead atoms. The first-order valence-electron chi connectivity index (χ1n) is 22.6. The van der Waals surface area contributed by atoms with Crippen LogP contribution in [0.15, 0.2) is 40.9 Å². The summed E-state index contributed by atoms with van der Waals surface area (Å²) in [5.41, 5.74) is 2.61. The van der Waals surface area contributed by atoms with Gasteiger partial charge in [-0.15, -0.1) is 10.3 Å². The first-order chi connectivity index (χ1) is 26.0. The van der Waals surface area contributed by atoms with Crippen LogP contribution in [-0.4, -0.2) is 47.1 Å². The van der Waals surface area contributed by atoms with E-state index in [-0.39, 0.29) is 23.5 Å². The van der Waals surface area contributed by atoms with Gasteiger partial charge < -0.3 is 9.47 Å². The highest BCUT2D eigenvalue weighted by Crippen LogP contribution is 2.67. The second-order valence-electron chi connectivity index (χ2n) is 21.1. The Morgan fingerprint density at radius 2 is 1.60 bits per heavy atom. The molecule has 0 amide bonds. The molecular formula is C49H77N2O4. The van der Waals surface area contributed by atoms with Gasteiger partial charge in [0.05, 0.1) is 12.6 Å². The third-order valence-corrected chi connectivity index (χ3v) is 15.7. The van der Waals surface area contributed by atoms with E-state index in [4.69, 9.17) is 14.5 Å². The quantitative estimate of drug-likeness (QED) is 0.0773. The van der Waals surface area contributed by atoms with Crippen LogP contribution in [0, 0.1) is 46.3 Å². The lowest BCUT2D eigenvalue weighted by Crippen LogP contribution is -2.59. The number of carbonyl (C=O) groups excluding carboxylic acids is 1. The number of allylic oxidation sites excluding steroid dienone is 1. The largest absolute Gasteiger partial charge is 0.494 e. The van der Waals surface area contributed by atoms with Crippen LogP contribution in [0.4, 0.5) is 0 Å². The summed E-state index contributed by atoms with van der Waals surface area (Å²) in [6.45, 7) is 21.3. The summed E-state index contributed by atoms with van der Waals surface area (Å²) < 4.78 is 12.1. The lowest BCUT2D eigenvalue weighted by Gasteiger charge is -2.58. The van der Waals surface area contributed by atoms with Crippen molar-refractivity contribution < 1.29 is 19.5 Å². The van der Waals surface area contributed by atoms with Crippen LogP contribution in [0.1, 0.15) is 177 Å². The van der Waals surface area contributed by atoms with Gasteiger partial charge in [-0.2, -0.15) is 0 Å². The van der Waals surface area contributed by atoms with Crippen LogP contribution < -0.4 is 4.74 Å². The molecule has 1 unspecified atom stereocenters. The Morgan fingerprint density at radius 3 is 2.31 bits per heavy atom. The molecule has 1 aliphatic heterocycles. The van der Waals surface area contributed by atoms with Gasteiger partial charge >= 0.3 is 5.97 Å². The summed E-state index contributed by atoms with van der Waals surface area (Å²) in [6, 6.07) is 8.20. The van der Waals surface area contributed by atoms with Gasteiger partial charge in [-0.05, 0) is 181 Å². The van der Waals surface area contributed by atoms with Crippen LogP contribution in [-0.2, 0) is 14.7 Å². The van der Waals surface area contributed by atoms with Gasteiger partial charge in [0.2, 0.25) is 0 Å². The van der Waals surface area contributed by atoms with Gasteiger partial charge in [0, 0.05) is 30.1 Å². The molecule has 1 radical (unpaired) electrons. The Morgan fingerprint density at radius 1 is 0.873 bits per heavy atom. The van der Waals surface area contributed by atoms with Crippen molar-refractivity contribution in [2.24, 2.45) is 51.3 Å². The van der Waals surface area contributed by atoms with Crippen molar-refractivity contribution in [1.29, 1.82) is 0 Å². The van der Waals surface area contributed by atoms with E-state index >= 15 is 0 Å². The van der Waals surface area contributed by atoms with Crippen molar-refractivity contribution in [2.45, 2.75) is 195 Å². The highest BCUT2D eigenvalue weighted by molar-refractivity contribution is 5.79. The highest BCUT2D eigenvalue weighted by Gasteiger charge is 2.59. The number of aliphatic imine (C=N–C) groups is 1. The molecule has 0 spiro atoms. The molecule has 0 aromatic heterocycles. The number of rotatable bonds is 15. The molecule has 6 nitrogen and oxygen atoms in total. The van der Waals surface area contributed by atoms with Crippen molar-refractivity contribution in [3.05, 3.63) is 41.5 Å². The van der Waals surface area contributed by atoms with Crippen LogP contribution >= 0.6 is 0 Å². The lowest BCUT2D eigenvalue weighted by molar-refractivity contribution is -0.288. The number of hydrogen-bond acceptors (Lipinski definition) is 5. The van der Waals surface area contributed by atoms with E-state index in [1.54, 1.807) is 5.57 Å². The van der Waals surface area contributed by atoms with Gasteiger partial charge in [0.15, 0.2) is 0 Å². The number of esters is 1. The van der Waals surface area contributed by atoms with E-state index in [0.29, 0.717) is 18.4 Å². The van der Waals surface area contributed by atoms with E-state index in [1.165, 1.54) is 62.9 Å². The number of unbranched alkanes of at least 4 members (excludes halogenated alkanes) is 2. The first kappa shape index (κ1) is 42.4. The number of carbonyl (C=O) groups is 1. The number of benzene rings is 1. The predicted molar refractivity (Wildman–Crippen MR) is 225 cm³/mol. The molecule has 1 aromatic carbocycles. The fraction of sp³-hybridized carbons (Fsp3) is 0.796. The number of hydrogen-bond donors (Lipinski definition) is 0. The molecule has 1 aromatic rings. The zero-order chi connectivity index (χ0) is 39.6. The molecule has 55 heavy (non-hydrogen) atoms. The molecular weight excluding hydrogens is 681 g/mol. The number of fused-ring (bicyclic) bond motifs is 5. The smallest absolute Gasteiger partial charge is 0.306 e. The third kappa shape index (κ3) is 9.59. The Kier molecular flexibility index (Phi) is 13.4. The summed E-state index contributed by atoms with van der Waals surface area (Å²) in [6.07, 6.45) is 23.5. The minimum absolute atomic E-state index is 0.0280. The van der Waals surface area contributed by atoms with Crippen LogP contribution in [0.5, 0.6) is 5.75 Å². The Hall–Kier alpha value is -2.18. The second kappa shape index (κ2) is 17.4. The maximum Gasteiger partial charge on any atom is 0.306 e. The maximum absolute atomic E-state index is 12.9. The average Bonchev–Trinajstić information content (AvgIpc) is 3.49. The molecule has 6 heteroatoms. The minimum Gasteiger partial charge on any atom is -0.494 e. The van der Waals surface area contributed by atoms with Crippen molar-refractivity contribution in [3.63, 3.8) is 0 Å². The van der Waals surface area contributed by atoms with Crippen LogP contribution in [0.2, 0.25) is 0 Å². The molecule has 3 saturated carbocycles. The minimum atomic E-state index is -0.416.